The van der Waals surface area contributed by atoms with Crippen LogP contribution in [0, 0.1) is 0 Å². The number of aromatic nitrogens is 4. The number of fused-ring (bicyclic) bond motifs is 1. The van der Waals surface area contributed by atoms with Crippen LogP contribution in [-0.4, -0.2) is 77.2 Å². The van der Waals surface area contributed by atoms with Crippen molar-refractivity contribution in [3.8, 4) is 11.4 Å². The maximum absolute atomic E-state index is 12.8. The second kappa shape index (κ2) is 10.6. The van der Waals surface area contributed by atoms with Gasteiger partial charge < -0.3 is 20.1 Å². The first-order chi connectivity index (χ1) is 18.8. The Bertz CT molecular complexity index is 1420. The Hall–Kier alpha value is -3.41. The number of hydrogen-bond acceptors (Lipinski definition) is 7. The van der Waals surface area contributed by atoms with Crippen LogP contribution in [0.2, 0.25) is 5.02 Å². The third kappa shape index (κ3) is 5.52. The number of imidazole rings is 1. The van der Waals surface area contributed by atoms with Crippen LogP contribution in [0.5, 0.6) is 0 Å². The molecule has 6 rings (SSSR count). The average Bonchev–Trinajstić information content (AvgIpc) is 3.38. The summed E-state index contributed by atoms with van der Waals surface area (Å²) < 4.78 is 38.4. The zero-order valence-corrected chi connectivity index (χ0v) is 21.9. The van der Waals surface area contributed by atoms with Gasteiger partial charge in [-0.25, -0.2) is 9.97 Å². The van der Waals surface area contributed by atoms with Gasteiger partial charge in [0, 0.05) is 76.4 Å². The summed E-state index contributed by atoms with van der Waals surface area (Å²) in [6.07, 6.45) is -1.49. The number of piperazine rings is 2. The van der Waals surface area contributed by atoms with E-state index in [2.05, 4.69) is 59.2 Å². The number of anilines is 2. The number of nitrogens with one attached hydrogen (secondary N) is 2. The largest absolute Gasteiger partial charge is 0.433 e. The molecule has 4 aromatic rings. The fraction of sp³-hybridized carbons (Fsp3) is 0.370. The maximum Gasteiger partial charge on any atom is 0.433 e. The highest BCUT2D eigenvalue weighted by Crippen LogP contribution is 2.34. The highest BCUT2D eigenvalue weighted by molar-refractivity contribution is 6.34. The summed E-state index contributed by atoms with van der Waals surface area (Å²) >= 11 is 6.64. The lowest BCUT2D eigenvalue weighted by molar-refractivity contribution is -0.141. The van der Waals surface area contributed by atoms with Gasteiger partial charge in [-0.15, -0.1) is 0 Å². The van der Waals surface area contributed by atoms with Crippen molar-refractivity contribution in [1.29, 1.82) is 0 Å². The van der Waals surface area contributed by atoms with E-state index in [-0.39, 0.29) is 0 Å². The molecule has 0 atom stereocenters. The van der Waals surface area contributed by atoms with Crippen LogP contribution >= 0.6 is 11.6 Å². The molecule has 204 valence electrons. The van der Waals surface area contributed by atoms with Crippen molar-refractivity contribution in [3.63, 3.8) is 0 Å². The van der Waals surface area contributed by atoms with Crippen molar-refractivity contribution in [2.75, 3.05) is 62.2 Å². The normalized spacial score (nSPS) is 17.2. The van der Waals surface area contributed by atoms with Gasteiger partial charge in [0.1, 0.15) is 17.0 Å². The number of pyridine rings is 2. The minimum atomic E-state index is -4.43. The number of hydrogen-bond donors (Lipinski definition) is 2. The first-order valence-electron chi connectivity index (χ1n) is 12.9. The molecule has 2 aliphatic rings. The second-order valence-electron chi connectivity index (χ2n) is 9.84. The number of H-pyrrole nitrogens is 1. The Morgan fingerprint density at radius 1 is 0.846 bits per heavy atom. The predicted octanol–water partition coefficient (Wildman–Crippen LogP) is 4.42. The maximum atomic E-state index is 12.8. The summed E-state index contributed by atoms with van der Waals surface area (Å²) in [5.41, 5.74) is 4.32. The molecule has 0 aliphatic carbocycles. The summed E-state index contributed by atoms with van der Waals surface area (Å²) in [7, 11) is 0. The van der Waals surface area contributed by atoms with E-state index in [9.17, 15) is 13.2 Å². The molecule has 0 radical (unpaired) electrons. The van der Waals surface area contributed by atoms with Crippen LogP contribution in [0.1, 0.15) is 11.3 Å². The molecule has 2 aliphatic heterocycles. The second-order valence-corrected chi connectivity index (χ2v) is 10.2. The summed E-state index contributed by atoms with van der Waals surface area (Å²) in [6.45, 7) is 7.37. The predicted molar refractivity (Wildman–Crippen MR) is 146 cm³/mol. The minimum Gasteiger partial charge on any atom is -0.369 e. The van der Waals surface area contributed by atoms with Crippen LogP contribution in [0.15, 0.2) is 48.8 Å². The standard InChI is InChI=1S/C27H28ClF3N8/c28-21-16-34-26-23(35-25(36-26)19-2-4-20(5-3-19)38-9-7-32-8-10-38)24(21)39-13-11-37(12-14-39)17-18-1-6-22(33-15-18)27(29,30)31/h1-6,15-16,32H,7-14,17H2,(H,34,35,36). The molecule has 5 heterocycles. The molecule has 0 saturated carbocycles. The molecule has 12 heteroatoms. The van der Waals surface area contributed by atoms with E-state index in [0.717, 1.165) is 73.5 Å². The van der Waals surface area contributed by atoms with Gasteiger partial charge in [0.25, 0.3) is 0 Å². The summed E-state index contributed by atoms with van der Waals surface area (Å²) in [5, 5.41) is 3.92. The van der Waals surface area contributed by atoms with Crippen molar-refractivity contribution < 1.29 is 13.2 Å². The Morgan fingerprint density at radius 3 is 2.26 bits per heavy atom. The molecule has 0 bridgehead atoms. The zero-order valence-electron chi connectivity index (χ0n) is 21.2. The zero-order chi connectivity index (χ0) is 27.0. The molecule has 0 unspecified atom stereocenters. The third-order valence-corrected chi connectivity index (χ3v) is 7.56. The molecule has 3 aromatic heterocycles. The molecule has 2 saturated heterocycles. The number of halogens is 4. The fourth-order valence-electron chi connectivity index (χ4n) is 5.19. The van der Waals surface area contributed by atoms with Crippen molar-refractivity contribution in [2.45, 2.75) is 12.7 Å². The summed E-state index contributed by atoms with van der Waals surface area (Å²) in [6, 6.07) is 10.9. The number of nitrogens with zero attached hydrogens (tertiary/aromatic N) is 6. The van der Waals surface area contributed by atoms with Gasteiger partial charge in [0.2, 0.25) is 0 Å². The molecule has 39 heavy (non-hydrogen) atoms. The van der Waals surface area contributed by atoms with Gasteiger partial charge in [-0.2, -0.15) is 13.2 Å². The minimum absolute atomic E-state index is 0.538. The molecule has 0 spiro atoms. The van der Waals surface area contributed by atoms with Gasteiger partial charge in [-0.1, -0.05) is 17.7 Å². The van der Waals surface area contributed by atoms with Crippen molar-refractivity contribution in [1.82, 2.24) is 30.2 Å². The van der Waals surface area contributed by atoms with E-state index in [0.29, 0.717) is 30.3 Å². The van der Waals surface area contributed by atoms with Crippen LogP contribution < -0.4 is 15.1 Å². The lowest BCUT2D eigenvalue weighted by Gasteiger charge is -2.36. The number of alkyl halides is 3. The average molecular weight is 557 g/mol. The quantitative estimate of drug-likeness (QED) is 0.377. The molecule has 8 nitrogen and oxygen atoms in total. The number of benzene rings is 1. The Morgan fingerprint density at radius 2 is 1.59 bits per heavy atom. The fourth-order valence-corrected chi connectivity index (χ4v) is 5.46. The molecular formula is C27H28ClF3N8. The van der Waals surface area contributed by atoms with Gasteiger partial charge in [-0.05, 0) is 35.9 Å². The first-order valence-corrected chi connectivity index (χ1v) is 13.3. The van der Waals surface area contributed by atoms with Crippen LogP contribution in [0.3, 0.4) is 0 Å². The molecule has 2 N–H and O–H groups in total. The van der Waals surface area contributed by atoms with Crippen molar-refractivity contribution in [2.24, 2.45) is 0 Å². The molecule has 2 fully saturated rings. The van der Waals surface area contributed by atoms with Gasteiger partial charge in [0.05, 0.1) is 16.9 Å². The van der Waals surface area contributed by atoms with E-state index in [1.54, 1.807) is 6.20 Å². The Kier molecular flexibility index (Phi) is 7.05. The first kappa shape index (κ1) is 25.8. The molecular weight excluding hydrogens is 529 g/mol. The number of aromatic amines is 1. The van der Waals surface area contributed by atoms with E-state index < -0.39 is 11.9 Å². The summed E-state index contributed by atoms with van der Waals surface area (Å²) in [5.74, 6) is 0.737. The molecule has 1 aromatic carbocycles. The van der Waals surface area contributed by atoms with Crippen LogP contribution in [-0.2, 0) is 12.7 Å². The van der Waals surface area contributed by atoms with E-state index in [1.165, 1.54) is 18.0 Å². The van der Waals surface area contributed by atoms with E-state index >= 15 is 0 Å². The molecule has 0 amide bonds. The highest BCUT2D eigenvalue weighted by atomic mass is 35.5. The topological polar surface area (TPSA) is 76.2 Å². The Balaban J connectivity index is 1.16. The van der Waals surface area contributed by atoms with Crippen molar-refractivity contribution >= 4 is 34.1 Å². The summed E-state index contributed by atoms with van der Waals surface area (Å²) in [4.78, 5) is 23.0. The van der Waals surface area contributed by atoms with E-state index in [1.807, 2.05) is 0 Å². The number of rotatable bonds is 5. The van der Waals surface area contributed by atoms with Crippen LogP contribution in [0.25, 0.3) is 22.6 Å². The lowest BCUT2D eigenvalue weighted by atomic mass is 10.1. The SMILES string of the molecule is FC(F)(F)c1ccc(CN2CCN(c3c(Cl)cnc4nc(-c5ccc(N6CCNCC6)cc5)[nH]c34)CC2)cn1. The van der Waals surface area contributed by atoms with Gasteiger partial charge in [-0.3, -0.25) is 9.88 Å². The van der Waals surface area contributed by atoms with Gasteiger partial charge in [0.15, 0.2) is 5.65 Å². The smallest absolute Gasteiger partial charge is 0.369 e. The lowest BCUT2D eigenvalue weighted by Crippen LogP contribution is -2.46. The third-order valence-electron chi connectivity index (χ3n) is 7.28. The Labute approximate surface area is 228 Å². The highest BCUT2D eigenvalue weighted by Gasteiger charge is 2.32. The monoisotopic (exact) mass is 556 g/mol. The van der Waals surface area contributed by atoms with Crippen LogP contribution in [0.4, 0.5) is 24.5 Å². The van der Waals surface area contributed by atoms with Crippen molar-refractivity contribution in [3.05, 3.63) is 65.1 Å². The van der Waals surface area contributed by atoms with E-state index in [4.69, 9.17) is 16.6 Å². The van der Waals surface area contributed by atoms with Gasteiger partial charge >= 0.3 is 6.18 Å².